The summed E-state index contributed by atoms with van der Waals surface area (Å²) in [6.45, 7) is 0. The van der Waals surface area contributed by atoms with E-state index in [-0.39, 0.29) is 5.91 Å². The van der Waals surface area contributed by atoms with E-state index in [1.807, 2.05) is 54.6 Å². The number of carbonyl (C=O) groups excluding carboxylic acids is 1. The van der Waals surface area contributed by atoms with Gasteiger partial charge in [0.2, 0.25) is 5.91 Å². The second-order valence-electron chi connectivity index (χ2n) is 4.52. The SMILES string of the molecule is O=C(CCc1ccccc1)Nc1nc2ccccc2s1. The predicted octanol–water partition coefficient (Wildman–Crippen LogP) is 3.87. The molecule has 0 unspecified atom stereocenters. The Morgan fingerprint density at radius 3 is 2.60 bits per heavy atom. The lowest BCUT2D eigenvalue weighted by Gasteiger charge is -2.01. The van der Waals surface area contributed by atoms with Crippen LogP contribution in [0.3, 0.4) is 0 Å². The molecule has 1 N–H and O–H groups in total. The molecule has 0 bridgehead atoms. The van der Waals surface area contributed by atoms with Crippen molar-refractivity contribution >= 4 is 32.6 Å². The lowest BCUT2D eigenvalue weighted by Crippen LogP contribution is -2.11. The van der Waals surface area contributed by atoms with Gasteiger partial charge in [-0.2, -0.15) is 0 Å². The Morgan fingerprint density at radius 2 is 1.80 bits per heavy atom. The van der Waals surface area contributed by atoms with Crippen molar-refractivity contribution in [2.24, 2.45) is 0 Å². The van der Waals surface area contributed by atoms with E-state index >= 15 is 0 Å². The minimum Gasteiger partial charge on any atom is -0.302 e. The number of thiazole rings is 1. The standard InChI is InChI=1S/C16H14N2OS/c19-15(11-10-12-6-2-1-3-7-12)18-16-17-13-8-4-5-9-14(13)20-16/h1-9H,10-11H2,(H,17,18,19). The summed E-state index contributed by atoms with van der Waals surface area (Å²) in [5.74, 6) is 0.00732. The maximum absolute atomic E-state index is 11.9. The van der Waals surface area contributed by atoms with Crippen LogP contribution in [0.1, 0.15) is 12.0 Å². The number of carbonyl (C=O) groups is 1. The topological polar surface area (TPSA) is 42.0 Å². The number of benzene rings is 2. The highest BCUT2D eigenvalue weighted by Gasteiger charge is 2.07. The monoisotopic (exact) mass is 282 g/mol. The highest BCUT2D eigenvalue weighted by molar-refractivity contribution is 7.22. The van der Waals surface area contributed by atoms with Gasteiger partial charge < -0.3 is 5.32 Å². The van der Waals surface area contributed by atoms with Gasteiger partial charge in [0.15, 0.2) is 5.13 Å². The van der Waals surface area contributed by atoms with E-state index in [1.54, 1.807) is 0 Å². The van der Waals surface area contributed by atoms with Crippen molar-refractivity contribution in [3.05, 3.63) is 60.2 Å². The number of rotatable bonds is 4. The van der Waals surface area contributed by atoms with Gasteiger partial charge in [0.25, 0.3) is 0 Å². The molecular weight excluding hydrogens is 268 g/mol. The van der Waals surface area contributed by atoms with Crippen molar-refractivity contribution in [2.45, 2.75) is 12.8 Å². The fourth-order valence-electron chi connectivity index (χ4n) is 2.01. The minimum absolute atomic E-state index is 0.00732. The molecule has 20 heavy (non-hydrogen) atoms. The van der Waals surface area contributed by atoms with Crippen LogP contribution in [0.15, 0.2) is 54.6 Å². The van der Waals surface area contributed by atoms with Crippen molar-refractivity contribution in [3.63, 3.8) is 0 Å². The molecule has 1 amide bonds. The van der Waals surface area contributed by atoms with Crippen LogP contribution >= 0.6 is 11.3 Å². The molecule has 4 heteroatoms. The highest BCUT2D eigenvalue weighted by atomic mass is 32.1. The Bertz CT molecular complexity index is 688. The molecule has 0 aliphatic rings. The Balaban J connectivity index is 1.61. The summed E-state index contributed by atoms with van der Waals surface area (Å²) >= 11 is 1.50. The van der Waals surface area contributed by atoms with Crippen molar-refractivity contribution in [1.29, 1.82) is 0 Å². The van der Waals surface area contributed by atoms with Gasteiger partial charge >= 0.3 is 0 Å². The van der Waals surface area contributed by atoms with E-state index in [2.05, 4.69) is 10.3 Å². The number of aromatic nitrogens is 1. The van der Waals surface area contributed by atoms with Gasteiger partial charge in [-0.25, -0.2) is 4.98 Å². The first-order valence-corrected chi connectivity index (χ1v) is 7.32. The Morgan fingerprint density at radius 1 is 1.05 bits per heavy atom. The van der Waals surface area contributed by atoms with Gasteiger partial charge in [0.1, 0.15) is 0 Å². The molecule has 3 aromatic rings. The molecule has 1 heterocycles. The molecule has 0 saturated heterocycles. The molecule has 0 atom stereocenters. The molecule has 0 spiro atoms. The first-order chi connectivity index (χ1) is 9.81. The Kier molecular flexibility index (Phi) is 3.74. The second kappa shape index (κ2) is 5.84. The molecule has 3 nitrogen and oxygen atoms in total. The zero-order valence-electron chi connectivity index (χ0n) is 10.9. The number of nitrogens with one attached hydrogen (secondary N) is 1. The quantitative estimate of drug-likeness (QED) is 0.789. The van der Waals surface area contributed by atoms with Gasteiger partial charge in [-0.05, 0) is 24.1 Å². The van der Waals surface area contributed by atoms with E-state index in [0.717, 1.165) is 16.6 Å². The summed E-state index contributed by atoms with van der Waals surface area (Å²) in [6, 6.07) is 17.9. The third kappa shape index (κ3) is 3.03. The van der Waals surface area contributed by atoms with Gasteiger partial charge in [0.05, 0.1) is 10.2 Å². The fourth-order valence-corrected chi connectivity index (χ4v) is 2.89. The molecule has 2 aromatic carbocycles. The van der Waals surface area contributed by atoms with Crippen molar-refractivity contribution in [3.8, 4) is 0 Å². The maximum atomic E-state index is 11.9. The van der Waals surface area contributed by atoms with Gasteiger partial charge in [-0.15, -0.1) is 0 Å². The third-order valence-electron chi connectivity index (χ3n) is 3.02. The number of hydrogen-bond acceptors (Lipinski definition) is 3. The van der Waals surface area contributed by atoms with Crippen LogP contribution in [0.5, 0.6) is 0 Å². The minimum atomic E-state index is 0.00732. The molecule has 0 saturated carbocycles. The zero-order valence-corrected chi connectivity index (χ0v) is 11.7. The third-order valence-corrected chi connectivity index (χ3v) is 3.98. The highest BCUT2D eigenvalue weighted by Crippen LogP contribution is 2.25. The maximum Gasteiger partial charge on any atom is 0.226 e. The number of anilines is 1. The Hall–Kier alpha value is -2.20. The normalized spacial score (nSPS) is 10.6. The number of amides is 1. The molecule has 100 valence electrons. The molecule has 0 radical (unpaired) electrons. The van der Waals surface area contributed by atoms with Crippen LogP contribution in [0.2, 0.25) is 0 Å². The predicted molar refractivity (Wildman–Crippen MR) is 83.0 cm³/mol. The van der Waals surface area contributed by atoms with E-state index in [0.29, 0.717) is 11.6 Å². The summed E-state index contributed by atoms with van der Waals surface area (Å²) in [5, 5.41) is 3.54. The summed E-state index contributed by atoms with van der Waals surface area (Å²) in [6.07, 6.45) is 1.22. The number of para-hydroxylation sites is 1. The van der Waals surface area contributed by atoms with Crippen molar-refractivity contribution in [2.75, 3.05) is 5.32 Å². The summed E-state index contributed by atoms with van der Waals surface area (Å²) in [4.78, 5) is 16.3. The number of nitrogens with zero attached hydrogens (tertiary/aromatic N) is 1. The smallest absolute Gasteiger partial charge is 0.226 e. The van der Waals surface area contributed by atoms with Crippen molar-refractivity contribution < 1.29 is 4.79 Å². The number of fused-ring (bicyclic) bond motifs is 1. The average molecular weight is 282 g/mol. The average Bonchev–Trinajstić information content (AvgIpc) is 2.88. The number of hydrogen-bond donors (Lipinski definition) is 1. The van der Waals surface area contributed by atoms with E-state index in [9.17, 15) is 4.79 Å². The molecule has 0 fully saturated rings. The zero-order chi connectivity index (χ0) is 13.8. The van der Waals surface area contributed by atoms with Crippen molar-refractivity contribution in [1.82, 2.24) is 4.98 Å². The van der Waals surface area contributed by atoms with E-state index < -0.39 is 0 Å². The second-order valence-corrected chi connectivity index (χ2v) is 5.55. The number of aryl methyl sites for hydroxylation is 1. The molecule has 3 rings (SSSR count). The molecule has 0 aliphatic carbocycles. The molecule has 0 aliphatic heterocycles. The lowest BCUT2D eigenvalue weighted by atomic mass is 10.1. The van der Waals surface area contributed by atoms with Crippen LogP contribution in [-0.4, -0.2) is 10.9 Å². The fraction of sp³-hybridized carbons (Fsp3) is 0.125. The summed E-state index contributed by atoms with van der Waals surface area (Å²) < 4.78 is 1.09. The molecule has 1 aromatic heterocycles. The lowest BCUT2D eigenvalue weighted by molar-refractivity contribution is -0.116. The van der Waals surface area contributed by atoms with Gasteiger partial charge in [0, 0.05) is 6.42 Å². The summed E-state index contributed by atoms with van der Waals surface area (Å²) in [7, 11) is 0. The van der Waals surface area contributed by atoms with E-state index in [4.69, 9.17) is 0 Å². The van der Waals surface area contributed by atoms with E-state index in [1.165, 1.54) is 16.9 Å². The van der Waals surface area contributed by atoms with Crippen LogP contribution in [0.25, 0.3) is 10.2 Å². The first kappa shape index (κ1) is 12.8. The Labute approximate surface area is 121 Å². The summed E-state index contributed by atoms with van der Waals surface area (Å²) in [5.41, 5.74) is 2.10. The van der Waals surface area contributed by atoms with Crippen LogP contribution in [-0.2, 0) is 11.2 Å². The van der Waals surface area contributed by atoms with Gasteiger partial charge in [-0.3, -0.25) is 4.79 Å². The van der Waals surface area contributed by atoms with Gasteiger partial charge in [-0.1, -0.05) is 53.8 Å². The van der Waals surface area contributed by atoms with Crippen LogP contribution < -0.4 is 5.32 Å². The largest absolute Gasteiger partial charge is 0.302 e. The first-order valence-electron chi connectivity index (χ1n) is 6.50. The van der Waals surface area contributed by atoms with Crippen LogP contribution in [0.4, 0.5) is 5.13 Å². The van der Waals surface area contributed by atoms with Crippen LogP contribution in [0, 0.1) is 0 Å². The molecular formula is C16H14N2OS.